The Labute approximate surface area is 150 Å². The Hall–Kier alpha value is -3.22. The molecule has 6 nitrogen and oxygen atoms in total. The molecule has 2 aromatic rings. The molecule has 2 aromatic carbocycles. The average molecular weight is 355 g/mol. The van der Waals surface area contributed by atoms with E-state index in [0.717, 1.165) is 10.5 Å². The maximum atomic E-state index is 12.9. The maximum absolute atomic E-state index is 12.9. The zero-order valence-corrected chi connectivity index (χ0v) is 14.2. The van der Waals surface area contributed by atoms with Gasteiger partial charge in [0.05, 0.1) is 6.54 Å². The largest absolute Gasteiger partial charge is 0.335 e. The topological polar surface area (TPSA) is 78.5 Å². The lowest BCUT2D eigenvalue weighted by Gasteiger charge is -2.29. The number of hydrogen-bond acceptors (Lipinski definition) is 3. The van der Waals surface area contributed by atoms with E-state index >= 15 is 0 Å². The van der Waals surface area contributed by atoms with Gasteiger partial charge in [-0.2, -0.15) is 0 Å². The number of urea groups is 1. The molecule has 0 radical (unpaired) electrons. The van der Waals surface area contributed by atoms with Crippen LogP contribution in [0.4, 0.5) is 14.9 Å². The van der Waals surface area contributed by atoms with Gasteiger partial charge in [-0.15, -0.1) is 0 Å². The highest BCUT2D eigenvalue weighted by molar-refractivity contribution is 6.04. The van der Waals surface area contributed by atoms with Gasteiger partial charge in [0, 0.05) is 23.7 Å². The van der Waals surface area contributed by atoms with Crippen LogP contribution in [-0.4, -0.2) is 28.8 Å². The predicted octanol–water partition coefficient (Wildman–Crippen LogP) is 2.91. The van der Waals surface area contributed by atoms with Gasteiger partial charge < -0.3 is 10.6 Å². The van der Waals surface area contributed by atoms with Crippen LogP contribution in [-0.2, 0) is 11.3 Å². The van der Waals surface area contributed by atoms with Crippen molar-refractivity contribution >= 4 is 23.5 Å². The van der Waals surface area contributed by atoms with Crippen LogP contribution in [0.25, 0.3) is 0 Å². The van der Waals surface area contributed by atoms with Crippen LogP contribution in [0.1, 0.15) is 29.3 Å². The number of carbonyl (C=O) groups excluding carboxylic acids is 3. The van der Waals surface area contributed by atoms with E-state index in [4.69, 9.17) is 0 Å². The van der Waals surface area contributed by atoms with Gasteiger partial charge in [0.25, 0.3) is 5.91 Å². The zero-order chi connectivity index (χ0) is 18.7. The highest BCUT2D eigenvalue weighted by Crippen LogP contribution is 2.15. The molecule has 4 amide bonds. The first-order chi connectivity index (χ1) is 12.4. The summed E-state index contributed by atoms with van der Waals surface area (Å²) in [6.07, 6.45) is 0.268. The van der Waals surface area contributed by atoms with Crippen LogP contribution in [0.5, 0.6) is 0 Å². The molecule has 1 saturated heterocycles. The number of hydrogen-bond donors (Lipinski definition) is 2. The van der Waals surface area contributed by atoms with Gasteiger partial charge in [-0.3, -0.25) is 14.5 Å². The molecule has 1 aliphatic heterocycles. The Morgan fingerprint density at radius 3 is 2.42 bits per heavy atom. The number of halogens is 1. The van der Waals surface area contributed by atoms with Gasteiger partial charge in [0.1, 0.15) is 5.82 Å². The van der Waals surface area contributed by atoms with Gasteiger partial charge in [-0.05, 0) is 48.9 Å². The minimum absolute atomic E-state index is 0.150. The van der Waals surface area contributed by atoms with E-state index in [1.165, 1.54) is 24.3 Å². The SMILES string of the molecule is C[C@H]1CC(=O)N(Cc2ccc(C(=O)Nc3ccc(F)cc3)cc2)C(=O)N1. The minimum atomic E-state index is -0.410. The average Bonchev–Trinajstić information content (AvgIpc) is 2.60. The molecule has 7 heteroatoms. The highest BCUT2D eigenvalue weighted by Gasteiger charge is 2.29. The lowest BCUT2D eigenvalue weighted by atomic mass is 10.1. The maximum Gasteiger partial charge on any atom is 0.324 e. The fraction of sp³-hybridized carbons (Fsp3) is 0.211. The molecule has 3 rings (SSSR count). The number of benzene rings is 2. The number of amides is 4. The molecule has 0 aromatic heterocycles. The van der Waals surface area contributed by atoms with E-state index in [1.54, 1.807) is 31.2 Å². The van der Waals surface area contributed by atoms with Crippen LogP contribution < -0.4 is 10.6 Å². The molecule has 0 bridgehead atoms. The van der Waals surface area contributed by atoms with Crippen molar-refractivity contribution in [1.29, 1.82) is 0 Å². The van der Waals surface area contributed by atoms with Crippen molar-refractivity contribution in [3.8, 4) is 0 Å². The Morgan fingerprint density at radius 1 is 1.15 bits per heavy atom. The molecule has 2 N–H and O–H groups in total. The second-order valence-corrected chi connectivity index (χ2v) is 6.19. The van der Waals surface area contributed by atoms with Gasteiger partial charge >= 0.3 is 6.03 Å². The van der Waals surface area contributed by atoms with E-state index < -0.39 is 6.03 Å². The fourth-order valence-corrected chi connectivity index (χ4v) is 2.67. The van der Waals surface area contributed by atoms with E-state index in [1.807, 2.05) is 0 Å². The first kappa shape index (κ1) is 17.6. The van der Waals surface area contributed by atoms with Crippen molar-refractivity contribution in [1.82, 2.24) is 10.2 Å². The summed E-state index contributed by atoms with van der Waals surface area (Å²) in [5.74, 6) is -0.929. The van der Waals surface area contributed by atoms with E-state index in [2.05, 4.69) is 10.6 Å². The lowest BCUT2D eigenvalue weighted by Crippen LogP contribution is -2.53. The second-order valence-electron chi connectivity index (χ2n) is 6.19. The van der Waals surface area contributed by atoms with Gasteiger partial charge in [0.15, 0.2) is 0 Å². The van der Waals surface area contributed by atoms with Crippen LogP contribution in [0.15, 0.2) is 48.5 Å². The summed E-state index contributed by atoms with van der Waals surface area (Å²) >= 11 is 0. The van der Waals surface area contributed by atoms with Crippen LogP contribution in [0, 0.1) is 5.82 Å². The molecule has 1 fully saturated rings. The molecule has 0 saturated carbocycles. The fourth-order valence-electron chi connectivity index (χ4n) is 2.67. The minimum Gasteiger partial charge on any atom is -0.335 e. The third-order valence-electron chi connectivity index (χ3n) is 4.06. The Bertz CT molecular complexity index is 816. The Kier molecular flexibility index (Phi) is 4.97. The number of nitrogens with zero attached hydrogens (tertiary/aromatic N) is 1. The number of anilines is 1. The summed E-state index contributed by atoms with van der Waals surface area (Å²) in [5, 5.41) is 5.39. The Balaban J connectivity index is 1.64. The van der Waals surface area contributed by atoms with Crippen molar-refractivity contribution < 1.29 is 18.8 Å². The molecule has 134 valence electrons. The summed E-state index contributed by atoms with van der Waals surface area (Å²) in [6, 6.07) is 11.5. The summed E-state index contributed by atoms with van der Waals surface area (Å²) < 4.78 is 12.9. The molecule has 0 spiro atoms. The molecule has 26 heavy (non-hydrogen) atoms. The standard InChI is InChI=1S/C19H18FN3O3/c1-12-10-17(24)23(19(26)21-12)11-13-2-4-14(5-3-13)18(25)22-16-8-6-15(20)7-9-16/h2-9,12H,10-11H2,1H3,(H,21,26)(H,22,25)/t12-/m0/s1. The summed E-state index contributed by atoms with van der Waals surface area (Å²) in [5.41, 5.74) is 1.65. The number of imide groups is 1. The van der Waals surface area contributed by atoms with Crippen LogP contribution >= 0.6 is 0 Å². The first-order valence-corrected chi connectivity index (χ1v) is 8.19. The summed E-state index contributed by atoms with van der Waals surface area (Å²) in [6.45, 7) is 1.93. The van der Waals surface area contributed by atoms with Crippen molar-refractivity contribution in [2.45, 2.75) is 25.9 Å². The zero-order valence-electron chi connectivity index (χ0n) is 14.2. The van der Waals surface area contributed by atoms with Gasteiger partial charge in [-0.1, -0.05) is 12.1 Å². The van der Waals surface area contributed by atoms with E-state index in [0.29, 0.717) is 11.3 Å². The monoisotopic (exact) mass is 355 g/mol. The van der Waals surface area contributed by atoms with Crippen molar-refractivity contribution in [3.05, 3.63) is 65.5 Å². The number of carbonyl (C=O) groups is 3. The van der Waals surface area contributed by atoms with Gasteiger partial charge in [-0.25, -0.2) is 9.18 Å². The van der Waals surface area contributed by atoms with Crippen molar-refractivity contribution in [2.24, 2.45) is 0 Å². The quantitative estimate of drug-likeness (QED) is 0.885. The third kappa shape index (κ3) is 4.05. The normalized spacial score (nSPS) is 17.0. The molecule has 0 unspecified atom stereocenters. The van der Waals surface area contributed by atoms with Crippen LogP contribution in [0.2, 0.25) is 0 Å². The van der Waals surface area contributed by atoms with E-state index in [9.17, 15) is 18.8 Å². The van der Waals surface area contributed by atoms with Crippen molar-refractivity contribution in [2.75, 3.05) is 5.32 Å². The first-order valence-electron chi connectivity index (χ1n) is 8.19. The summed E-state index contributed by atoms with van der Waals surface area (Å²) in [4.78, 5) is 37.3. The summed E-state index contributed by atoms with van der Waals surface area (Å²) in [7, 11) is 0. The van der Waals surface area contributed by atoms with Gasteiger partial charge in [0.2, 0.25) is 5.91 Å². The molecular weight excluding hydrogens is 337 g/mol. The van der Waals surface area contributed by atoms with E-state index in [-0.39, 0.29) is 36.6 Å². The number of rotatable bonds is 4. The molecular formula is C19H18FN3O3. The molecule has 1 aliphatic rings. The Morgan fingerprint density at radius 2 is 1.81 bits per heavy atom. The third-order valence-corrected chi connectivity index (χ3v) is 4.06. The molecule has 1 atom stereocenters. The highest BCUT2D eigenvalue weighted by atomic mass is 19.1. The predicted molar refractivity (Wildman–Crippen MR) is 94.0 cm³/mol. The molecule has 1 heterocycles. The van der Waals surface area contributed by atoms with Crippen LogP contribution in [0.3, 0.4) is 0 Å². The smallest absolute Gasteiger partial charge is 0.324 e. The second kappa shape index (κ2) is 7.35. The van der Waals surface area contributed by atoms with Crippen molar-refractivity contribution in [3.63, 3.8) is 0 Å². The number of nitrogens with one attached hydrogen (secondary N) is 2. The lowest BCUT2D eigenvalue weighted by molar-refractivity contribution is -0.130. The molecule has 0 aliphatic carbocycles.